The predicted octanol–water partition coefficient (Wildman–Crippen LogP) is 0.972. The molecule has 1 aromatic carbocycles. The maximum Gasteiger partial charge on any atom is 0.258 e. The third-order valence-electron chi connectivity index (χ3n) is 4.37. The van der Waals surface area contributed by atoms with Crippen LogP contribution in [0.3, 0.4) is 0 Å². The molecule has 0 unspecified atom stereocenters. The lowest BCUT2D eigenvalue weighted by atomic mass is 10.1. The monoisotopic (exact) mass is 408 g/mol. The van der Waals surface area contributed by atoms with Crippen LogP contribution >= 0.6 is 0 Å². The Kier molecular flexibility index (Phi) is 6.60. The van der Waals surface area contributed by atoms with E-state index in [2.05, 4.69) is 30.1 Å². The Hall–Kier alpha value is -2.50. The number of hydrogen-bond donors (Lipinski definition) is 3. The van der Waals surface area contributed by atoms with Gasteiger partial charge in [-0.25, -0.2) is 18.2 Å². The first-order chi connectivity index (χ1) is 13.5. The van der Waals surface area contributed by atoms with E-state index < -0.39 is 15.9 Å². The number of piperidine rings is 1. The molecule has 0 spiro atoms. The zero-order valence-corrected chi connectivity index (χ0v) is 16.5. The minimum absolute atomic E-state index is 0.0761. The molecule has 1 saturated heterocycles. The number of sulfonamides is 1. The summed E-state index contributed by atoms with van der Waals surface area (Å²) < 4.78 is 31.5. The Morgan fingerprint density at radius 1 is 1.21 bits per heavy atom. The summed E-state index contributed by atoms with van der Waals surface area (Å²) >= 11 is 0. The highest BCUT2D eigenvalue weighted by Crippen LogP contribution is 2.17. The Morgan fingerprint density at radius 3 is 2.61 bits per heavy atom. The molecular formula is C17H24N6O4S. The van der Waals surface area contributed by atoms with Crippen molar-refractivity contribution in [1.82, 2.24) is 19.9 Å². The number of amides is 1. The largest absolute Gasteiger partial charge is 0.383 e. The Bertz CT molecular complexity index is 891. The van der Waals surface area contributed by atoms with Crippen molar-refractivity contribution in [3.63, 3.8) is 0 Å². The van der Waals surface area contributed by atoms with Crippen molar-refractivity contribution >= 4 is 27.8 Å². The third kappa shape index (κ3) is 5.06. The maximum absolute atomic E-state index is 12.4. The van der Waals surface area contributed by atoms with E-state index in [9.17, 15) is 13.2 Å². The van der Waals surface area contributed by atoms with E-state index in [0.717, 1.165) is 25.9 Å². The molecule has 2 heterocycles. The fourth-order valence-corrected chi connectivity index (χ4v) is 3.88. The van der Waals surface area contributed by atoms with Crippen LogP contribution in [0.1, 0.15) is 29.6 Å². The van der Waals surface area contributed by atoms with Crippen LogP contribution in [0.2, 0.25) is 0 Å². The maximum atomic E-state index is 12.4. The van der Waals surface area contributed by atoms with Crippen LogP contribution in [-0.2, 0) is 14.8 Å². The number of anilines is 2. The molecule has 1 amide bonds. The number of carbonyl (C=O) groups excluding carboxylic acids is 1. The van der Waals surface area contributed by atoms with Gasteiger partial charge in [-0.15, -0.1) is 5.10 Å². The number of aromatic amines is 1. The van der Waals surface area contributed by atoms with E-state index in [1.54, 1.807) is 0 Å². The van der Waals surface area contributed by atoms with Crippen LogP contribution in [0.25, 0.3) is 0 Å². The number of methoxy groups -OCH3 is 1. The number of rotatable bonds is 8. The second kappa shape index (κ2) is 9.13. The van der Waals surface area contributed by atoms with Crippen LogP contribution in [0.4, 0.5) is 11.9 Å². The van der Waals surface area contributed by atoms with Gasteiger partial charge in [0.2, 0.25) is 21.9 Å². The van der Waals surface area contributed by atoms with Gasteiger partial charge in [-0.05, 0) is 43.5 Å². The molecule has 11 heteroatoms. The number of H-pyrrole nitrogens is 1. The highest BCUT2D eigenvalue weighted by molar-refractivity contribution is 7.89. The normalized spacial score (nSPS) is 14.8. The quantitative estimate of drug-likeness (QED) is 0.555. The number of ether oxygens (including phenoxy) is 1. The number of nitrogens with zero attached hydrogens (tertiary/aromatic N) is 3. The molecule has 1 aliphatic rings. The first-order valence-electron chi connectivity index (χ1n) is 9.07. The summed E-state index contributed by atoms with van der Waals surface area (Å²) in [4.78, 5) is 18.8. The molecule has 0 atom stereocenters. The summed E-state index contributed by atoms with van der Waals surface area (Å²) in [7, 11) is -2.15. The standard InChI is InChI=1S/C17H24N6O4S/c1-27-12-9-18-28(25,26)14-7-5-13(6-8-14)15(24)19-16-20-17(22-21-16)23-10-3-2-4-11-23/h5-8,18H,2-4,9-12H2,1H3,(H2,19,20,21,22,24). The molecule has 0 aliphatic carbocycles. The van der Waals surface area contributed by atoms with Crippen LogP contribution in [-0.4, -0.2) is 62.9 Å². The SMILES string of the molecule is COCCNS(=O)(=O)c1ccc(C(=O)Nc2nc(N3CCCCC3)n[nH]2)cc1. The van der Waals surface area contributed by atoms with Crippen LogP contribution in [0.5, 0.6) is 0 Å². The van der Waals surface area contributed by atoms with E-state index >= 15 is 0 Å². The zero-order chi connectivity index (χ0) is 20.0. The van der Waals surface area contributed by atoms with Crippen molar-refractivity contribution in [3.8, 4) is 0 Å². The molecule has 0 bridgehead atoms. The van der Waals surface area contributed by atoms with E-state index in [4.69, 9.17) is 4.74 Å². The van der Waals surface area contributed by atoms with Gasteiger partial charge in [0.15, 0.2) is 0 Å². The summed E-state index contributed by atoms with van der Waals surface area (Å²) in [6, 6.07) is 5.65. The average Bonchev–Trinajstić information content (AvgIpc) is 3.17. The molecule has 1 fully saturated rings. The molecule has 3 N–H and O–H groups in total. The zero-order valence-electron chi connectivity index (χ0n) is 15.6. The molecule has 3 rings (SSSR count). The van der Waals surface area contributed by atoms with Gasteiger partial charge in [0.1, 0.15) is 0 Å². The van der Waals surface area contributed by atoms with Crippen LogP contribution < -0.4 is 14.9 Å². The fraction of sp³-hybridized carbons (Fsp3) is 0.471. The number of nitrogens with one attached hydrogen (secondary N) is 3. The Balaban J connectivity index is 1.61. The summed E-state index contributed by atoms with van der Waals surface area (Å²) in [5.41, 5.74) is 0.312. The second-order valence-electron chi connectivity index (χ2n) is 6.40. The molecule has 1 aromatic heterocycles. The number of hydrogen-bond acceptors (Lipinski definition) is 7. The molecule has 28 heavy (non-hydrogen) atoms. The van der Waals surface area contributed by atoms with Crippen molar-refractivity contribution in [2.75, 3.05) is 43.6 Å². The minimum Gasteiger partial charge on any atom is -0.383 e. The molecule has 0 radical (unpaired) electrons. The first-order valence-corrected chi connectivity index (χ1v) is 10.6. The lowest BCUT2D eigenvalue weighted by molar-refractivity contribution is 0.102. The number of benzene rings is 1. The highest BCUT2D eigenvalue weighted by Gasteiger charge is 2.17. The van der Waals surface area contributed by atoms with Gasteiger partial charge >= 0.3 is 0 Å². The molecule has 1 aliphatic heterocycles. The van der Waals surface area contributed by atoms with Crippen molar-refractivity contribution < 1.29 is 17.9 Å². The topological polar surface area (TPSA) is 129 Å². The van der Waals surface area contributed by atoms with Gasteiger partial charge in [0, 0.05) is 32.3 Å². The average molecular weight is 408 g/mol. The number of carbonyl (C=O) groups is 1. The summed E-state index contributed by atoms with van der Waals surface area (Å²) in [5, 5.41) is 9.50. The fourth-order valence-electron chi connectivity index (χ4n) is 2.87. The van der Waals surface area contributed by atoms with Gasteiger partial charge in [-0.2, -0.15) is 4.98 Å². The van der Waals surface area contributed by atoms with Crippen molar-refractivity contribution in [2.45, 2.75) is 24.2 Å². The summed E-state index contributed by atoms with van der Waals surface area (Å²) in [6.07, 6.45) is 3.41. The Labute approximate surface area is 163 Å². The van der Waals surface area contributed by atoms with E-state index in [1.165, 1.54) is 37.8 Å². The van der Waals surface area contributed by atoms with Crippen molar-refractivity contribution in [3.05, 3.63) is 29.8 Å². The number of aromatic nitrogens is 3. The molecule has 10 nitrogen and oxygen atoms in total. The Morgan fingerprint density at radius 2 is 1.93 bits per heavy atom. The van der Waals surface area contributed by atoms with E-state index in [-0.39, 0.29) is 24.0 Å². The van der Waals surface area contributed by atoms with Gasteiger partial charge in [-0.3, -0.25) is 10.1 Å². The van der Waals surface area contributed by atoms with Gasteiger partial charge in [0.05, 0.1) is 11.5 Å². The van der Waals surface area contributed by atoms with Gasteiger partial charge in [0.25, 0.3) is 5.91 Å². The summed E-state index contributed by atoms with van der Waals surface area (Å²) in [6.45, 7) is 2.25. The van der Waals surface area contributed by atoms with E-state index in [0.29, 0.717) is 11.5 Å². The lowest BCUT2D eigenvalue weighted by Gasteiger charge is -2.24. The predicted molar refractivity (Wildman–Crippen MR) is 104 cm³/mol. The molecule has 152 valence electrons. The van der Waals surface area contributed by atoms with Crippen molar-refractivity contribution in [1.29, 1.82) is 0 Å². The molecular weight excluding hydrogens is 384 g/mol. The smallest absolute Gasteiger partial charge is 0.258 e. The highest BCUT2D eigenvalue weighted by atomic mass is 32.2. The second-order valence-corrected chi connectivity index (χ2v) is 8.17. The van der Waals surface area contributed by atoms with Crippen LogP contribution in [0.15, 0.2) is 29.2 Å². The summed E-state index contributed by atoms with van der Waals surface area (Å²) in [5.74, 6) is 0.416. The third-order valence-corrected chi connectivity index (χ3v) is 5.85. The van der Waals surface area contributed by atoms with Gasteiger partial charge in [-0.1, -0.05) is 0 Å². The first kappa shape index (κ1) is 20.2. The lowest BCUT2D eigenvalue weighted by Crippen LogP contribution is -2.30. The minimum atomic E-state index is -3.64. The van der Waals surface area contributed by atoms with Gasteiger partial charge < -0.3 is 9.64 Å². The molecule has 0 saturated carbocycles. The van der Waals surface area contributed by atoms with Crippen molar-refractivity contribution in [2.24, 2.45) is 0 Å². The van der Waals surface area contributed by atoms with Crippen LogP contribution in [0, 0.1) is 0 Å². The molecule has 2 aromatic rings. The van der Waals surface area contributed by atoms with E-state index in [1.807, 2.05) is 0 Å².